The van der Waals surface area contributed by atoms with Crippen molar-refractivity contribution in [1.82, 2.24) is 0 Å². The molecule has 1 aliphatic rings. The van der Waals surface area contributed by atoms with Crippen molar-refractivity contribution in [1.29, 1.82) is 0 Å². The summed E-state index contributed by atoms with van der Waals surface area (Å²) < 4.78 is 0. The quantitative estimate of drug-likeness (QED) is 0.708. The Morgan fingerprint density at radius 3 is 3.00 bits per heavy atom. The molecule has 66 valence electrons. The van der Waals surface area contributed by atoms with Crippen LogP contribution in [0.4, 0.5) is 0 Å². The summed E-state index contributed by atoms with van der Waals surface area (Å²) in [6.07, 6.45) is 5.43. The fourth-order valence-corrected chi connectivity index (χ4v) is 2.74. The Morgan fingerprint density at radius 1 is 1.64 bits per heavy atom. The number of thioether (sulfide) groups is 1. The molecule has 2 unspecified atom stereocenters. The molecule has 0 spiro atoms. The molecule has 0 aromatic heterocycles. The summed E-state index contributed by atoms with van der Waals surface area (Å²) in [7, 11) is 0. The first-order valence-corrected chi connectivity index (χ1v) is 5.78. The molecule has 11 heavy (non-hydrogen) atoms. The van der Waals surface area contributed by atoms with Crippen LogP contribution in [0.5, 0.6) is 0 Å². The third-order valence-electron chi connectivity index (χ3n) is 2.28. The Morgan fingerprint density at radius 2 is 2.45 bits per heavy atom. The topological polar surface area (TPSA) is 26.0 Å². The van der Waals surface area contributed by atoms with Crippen LogP contribution in [0, 0.1) is 5.92 Å². The maximum absolute atomic E-state index is 5.70. The monoisotopic (exact) mass is 173 g/mol. The molecule has 2 atom stereocenters. The van der Waals surface area contributed by atoms with Crippen molar-refractivity contribution in [2.45, 2.75) is 38.6 Å². The highest BCUT2D eigenvalue weighted by molar-refractivity contribution is 7.99. The molecule has 1 saturated heterocycles. The van der Waals surface area contributed by atoms with Gasteiger partial charge in [-0.2, -0.15) is 11.8 Å². The fraction of sp³-hybridized carbons (Fsp3) is 1.00. The average molecular weight is 173 g/mol. The second kappa shape index (κ2) is 5.04. The Bertz CT molecular complexity index is 97.7. The van der Waals surface area contributed by atoms with Crippen molar-refractivity contribution in [3.63, 3.8) is 0 Å². The average Bonchev–Trinajstić information content (AvgIpc) is 2.03. The van der Waals surface area contributed by atoms with E-state index in [2.05, 4.69) is 18.7 Å². The summed E-state index contributed by atoms with van der Waals surface area (Å²) in [6.45, 7) is 2.11. The van der Waals surface area contributed by atoms with E-state index in [1.54, 1.807) is 0 Å². The first kappa shape index (κ1) is 9.40. The van der Waals surface area contributed by atoms with Gasteiger partial charge in [-0.3, -0.25) is 0 Å². The third kappa shape index (κ3) is 4.02. The second-order valence-electron chi connectivity index (χ2n) is 3.64. The normalized spacial score (nSPS) is 28.4. The Balaban J connectivity index is 2.05. The summed E-state index contributed by atoms with van der Waals surface area (Å²) in [5, 5.41) is 0. The molecule has 1 nitrogen and oxygen atoms in total. The molecule has 0 aliphatic carbocycles. The maximum Gasteiger partial charge on any atom is 0.00105 e. The van der Waals surface area contributed by atoms with Gasteiger partial charge in [0.15, 0.2) is 0 Å². The first-order chi connectivity index (χ1) is 5.29. The molecule has 0 radical (unpaired) electrons. The van der Waals surface area contributed by atoms with Gasteiger partial charge in [0.25, 0.3) is 0 Å². The smallest absolute Gasteiger partial charge is 0.00105 e. The molecule has 0 amide bonds. The summed E-state index contributed by atoms with van der Waals surface area (Å²) in [5.74, 6) is 3.74. The van der Waals surface area contributed by atoms with E-state index < -0.39 is 0 Å². The van der Waals surface area contributed by atoms with Crippen molar-refractivity contribution in [3.8, 4) is 0 Å². The molecule has 1 aliphatic heterocycles. The van der Waals surface area contributed by atoms with Gasteiger partial charge in [-0.25, -0.2) is 0 Å². The van der Waals surface area contributed by atoms with Crippen molar-refractivity contribution in [2.24, 2.45) is 11.7 Å². The van der Waals surface area contributed by atoms with Crippen LogP contribution in [-0.2, 0) is 0 Å². The Kier molecular flexibility index (Phi) is 4.31. The SMILES string of the molecule is CC(N)CCC1CCCSC1. The van der Waals surface area contributed by atoms with Crippen LogP contribution in [0.1, 0.15) is 32.6 Å². The van der Waals surface area contributed by atoms with Gasteiger partial charge >= 0.3 is 0 Å². The van der Waals surface area contributed by atoms with Crippen LogP contribution in [0.2, 0.25) is 0 Å². The zero-order valence-electron chi connectivity index (χ0n) is 7.38. The molecule has 0 saturated carbocycles. The molecule has 1 rings (SSSR count). The van der Waals surface area contributed by atoms with Crippen LogP contribution in [0.25, 0.3) is 0 Å². The van der Waals surface area contributed by atoms with Gasteiger partial charge in [-0.15, -0.1) is 0 Å². The fourth-order valence-electron chi connectivity index (χ4n) is 1.53. The van der Waals surface area contributed by atoms with E-state index in [0.717, 1.165) is 5.92 Å². The molecular weight excluding hydrogens is 154 g/mol. The van der Waals surface area contributed by atoms with E-state index in [-0.39, 0.29) is 0 Å². The van der Waals surface area contributed by atoms with Gasteiger partial charge < -0.3 is 5.73 Å². The number of rotatable bonds is 3. The van der Waals surface area contributed by atoms with Crippen LogP contribution >= 0.6 is 11.8 Å². The highest BCUT2D eigenvalue weighted by Gasteiger charge is 2.13. The number of nitrogens with two attached hydrogens (primary N) is 1. The van der Waals surface area contributed by atoms with Gasteiger partial charge in [0, 0.05) is 6.04 Å². The largest absolute Gasteiger partial charge is 0.328 e. The van der Waals surface area contributed by atoms with E-state index in [4.69, 9.17) is 5.73 Å². The standard InChI is InChI=1S/C9H19NS/c1-8(10)4-5-9-3-2-6-11-7-9/h8-9H,2-7,10H2,1H3. The summed E-state index contributed by atoms with van der Waals surface area (Å²) in [5.41, 5.74) is 5.70. The second-order valence-corrected chi connectivity index (χ2v) is 4.79. The molecule has 2 N–H and O–H groups in total. The molecular formula is C9H19NS. The molecule has 0 bridgehead atoms. The van der Waals surface area contributed by atoms with E-state index in [1.165, 1.54) is 37.2 Å². The highest BCUT2D eigenvalue weighted by atomic mass is 32.2. The number of hydrogen-bond acceptors (Lipinski definition) is 2. The van der Waals surface area contributed by atoms with E-state index in [0.29, 0.717) is 6.04 Å². The van der Waals surface area contributed by atoms with Crippen molar-refractivity contribution in [2.75, 3.05) is 11.5 Å². The van der Waals surface area contributed by atoms with Gasteiger partial charge in [-0.1, -0.05) is 0 Å². The van der Waals surface area contributed by atoms with Crippen LogP contribution in [0.3, 0.4) is 0 Å². The third-order valence-corrected chi connectivity index (χ3v) is 3.57. The maximum atomic E-state index is 5.70. The minimum atomic E-state index is 0.405. The van der Waals surface area contributed by atoms with E-state index in [1.807, 2.05) is 0 Å². The Labute approximate surface area is 74.1 Å². The molecule has 0 aromatic carbocycles. The highest BCUT2D eigenvalue weighted by Crippen LogP contribution is 2.26. The van der Waals surface area contributed by atoms with E-state index >= 15 is 0 Å². The van der Waals surface area contributed by atoms with Crippen molar-refractivity contribution in [3.05, 3.63) is 0 Å². The number of hydrogen-bond donors (Lipinski definition) is 1. The molecule has 1 heterocycles. The summed E-state index contributed by atoms with van der Waals surface area (Å²) in [6, 6.07) is 0.405. The van der Waals surface area contributed by atoms with E-state index in [9.17, 15) is 0 Å². The molecule has 2 heteroatoms. The lowest BCUT2D eigenvalue weighted by Gasteiger charge is -2.21. The lowest BCUT2D eigenvalue weighted by molar-refractivity contribution is 0.448. The summed E-state index contributed by atoms with van der Waals surface area (Å²) in [4.78, 5) is 0. The predicted molar refractivity (Wildman–Crippen MR) is 52.9 cm³/mol. The lowest BCUT2D eigenvalue weighted by Crippen LogP contribution is -2.18. The van der Waals surface area contributed by atoms with Gasteiger partial charge in [0.1, 0.15) is 0 Å². The van der Waals surface area contributed by atoms with Crippen LogP contribution in [0.15, 0.2) is 0 Å². The Hall–Kier alpha value is 0.310. The van der Waals surface area contributed by atoms with Gasteiger partial charge in [-0.05, 0) is 50.0 Å². The first-order valence-electron chi connectivity index (χ1n) is 4.62. The zero-order valence-corrected chi connectivity index (χ0v) is 8.20. The zero-order chi connectivity index (χ0) is 8.10. The molecule has 1 fully saturated rings. The minimum absolute atomic E-state index is 0.405. The predicted octanol–water partition coefficient (Wildman–Crippen LogP) is 2.26. The van der Waals surface area contributed by atoms with Gasteiger partial charge in [0.2, 0.25) is 0 Å². The minimum Gasteiger partial charge on any atom is -0.328 e. The lowest BCUT2D eigenvalue weighted by atomic mass is 9.98. The van der Waals surface area contributed by atoms with Crippen molar-refractivity contribution < 1.29 is 0 Å². The summed E-state index contributed by atoms with van der Waals surface area (Å²) >= 11 is 2.11. The van der Waals surface area contributed by atoms with Gasteiger partial charge in [0.05, 0.1) is 0 Å². The van der Waals surface area contributed by atoms with Crippen LogP contribution < -0.4 is 5.73 Å². The molecule has 0 aromatic rings. The van der Waals surface area contributed by atoms with Crippen LogP contribution in [-0.4, -0.2) is 17.5 Å². The van der Waals surface area contributed by atoms with Crippen molar-refractivity contribution >= 4 is 11.8 Å².